The molecule has 5 nitrogen and oxygen atoms in total. The van der Waals surface area contributed by atoms with Crippen LogP contribution in [-0.4, -0.2) is 36.3 Å². The summed E-state index contributed by atoms with van der Waals surface area (Å²) >= 11 is 0. The number of nitrogens with one attached hydrogen (secondary N) is 1. The summed E-state index contributed by atoms with van der Waals surface area (Å²) in [6.07, 6.45) is 2.02. The molecule has 0 aliphatic carbocycles. The number of benzene rings is 1. The SMILES string of the molecule is CC(C)C(=O)NCC1CCCN(C(=O)C(C)C(N)c2ccccc2)C1.Cl. The molecule has 0 saturated carbocycles. The summed E-state index contributed by atoms with van der Waals surface area (Å²) in [6.45, 7) is 7.80. The van der Waals surface area contributed by atoms with Crippen LogP contribution in [0, 0.1) is 17.8 Å². The molecule has 6 heteroatoms. The molecule has 1 heterocycles. The van der Waals surface area contributed by atoms with E-state index in [2.05, 4.69) is 5.32 Å². The molecule has 1 aliphatic heterocycles. The third kappa shape index (κ3) is 5.99. The average Bonchev–Trinajstić information content (AvgIpc) is 2.65. The third-order valence-corrected chi connectivity index (χ3v) is 5.03. The fourth-order valence-electron chi connectivity index (χ4n) is 3.29. The standard InChI is InChI=1S/C20H31N3O2.ClH/c1-14(2)19(24)22-12-16-8-7-11-23(13-16)20(25)15(3)18(21)17-9-5-4-6-10-17;/h4-6,9-10,14-16,18H,7-8,11-13,21H2,1-3H3,(H,22,24);1H. The molecular formula is C20H32ClN3O2. The number of hydrogen-bond donors (Lipinski definition) is 2. The lowest BCUT2D eigenvalue weighted by atomic mass is 9.91. The van der Waals surface area contributed by atoms with E-state index in [0.717, 1.165) is 24.9 Å². The minimum atomic E-state index is -0.297. The minimum absolute atomic E-state index is 0. The van der Waals surface area contributed by atoms with Gasteiger partial charge >= 0.3 is 0 Å². The number of hydrogen-bond acceptors (Lipinski definition) is 3. The molecule has 1 fully saturated rings. The van der Waals surface area contributed by atoms with E-state index in [9.17, 15) is 9.59 Å². The first-order chi connectivity index (χ1) is 11.9. The second-order valence-electron chi connectivity index (χ2n) is 7.42. The molecule has 0 spiro atoms. The molecule has 146 valence electrons. The van der Waals surface area contributed by atoms with E-state index in [-0.39, 0.29) is 42.1 Å². The van der Waals surface area contributed by atoms with Crippen molar-refractivity contribution in [3.05, 3.63) is 35.9 Å². The van der Waals surface area contributed by atoms with Gasteiger partial charge in [-0.3, -0.25) is 9.59 Å². The Hall–Kier alpha value is -1.59. The number of rotatable bonds is 6. The monoisotopic (exact) mass is 381 g/mol. The molecule has 0 bridgehead atoms. The van der Waals surface area contributed by atoms with Crippen molar-refractivity contribution in [3.8, 4) is 0 Å². The maximum absolute atomic E-state index is 12.9. The molecule has 26 heavy (non-hydrogen) atoms. The van der Waals surface area contributed by atoms with Gasteiger partial charge in [-0.15, -0.1) is 12.4 Å². The summed E-state index contributed by atoms with van der Waals surface area (Å²) in [7, 11) is 0. The highest BCUT2D eigenvalue weighted by atomic mass is 35.5. The molecule has 2 amide bonds. The molecule has 2 rings (SSSR count). The lowest BCUT2D eigenvalue weighted by Crippen LogP contribution is -2.47. The van der Waals surface area contributed by atoms with Gasteiger partial charge in [0.15, 0.2) is 0 Å². The Balaban J connectivity index is 0.00000338. The average molecular weight is 382 g/mol. The largest absolute Gasteiger partial charge is 0.356 e. The van der Waals surface area contributed by atoms with E-state index in [0.29, 0.717) is 19.0 Å². The van der Waals surface area contributed by atoms with Crippen LogP contribution in [0.15, 0.2) is 30.3 Å². The number of nitrogens with two attached hydrogens (primary N) is 1. The van der Waals surface area contributed by atoms with Crippen LogP contribution in [0.5, 0.6) is 0 Å². The number of carbonyl (C=O) groups excluding carboxylic acids is 2. The van der Waals surface area contributed by atoms with E-state index in [1.165, 1.54) is 0 Å². The maximum Gasteiger partial charge on any atom is 0.227 e. The highest BCUT2D eigenvalue weighted by Crippen LogP contribution is 2.24. The van der Waals surface area contributed by atoms with Gasteiger partial charge in [0, 0.05) is 31.6 Å². The van der Waals surface area contributed by atoms with Gasteiger partial charge in [0.2, 0.25) is 11.8 Å². The summed E-state index contributed by atoms with van der Waals surface area (Å²) in [5, 5.41) is 2.99. The topological polar surface area (TPSA) is 75.4 Å². The minimum Gasteiger partial charge on any atom is -0.356 e. The Kier molecular flexibility index (Phi) is 9.09. The Morgan fingerprint density at radius 2 is 1.88 bits per heavy atom. The first-order valence-electron chi connectivity index (χ1n) is 9.27. The maximum atomic E-state index is 12.9. The normalized spacial score (nSPS) is 19.4. The summed E-state index contributed by atoms with van der Waals surface area (Å²) in [4.78, 5) is 26.5. The van der Waals surface area contributed by atoms with Crippen molar-refractivity contribution < 1.29 is 9.59 Å². The molecule has 0 aromatic heterocycles. The van der Waals surface area contributed by atoms with Crippen molar-refractivity contribution in [3.63, 3.8) is 0 Å². The van der Waals surface area contributed by atoms with Crippen LogP contribution >= 0.6 is 12.4 Å². The molecule has 3 unspecified atom stereocenters. The Labute approximate surface area is 163 Å². The van der Waals surface area contributed by atoms with Crippen molar-refractivity contribution >= 4 is 24.2 Å². The van der Waals surface area contributed by atoms with Crippen LogP contribution in [0.2, 0.25) is 0 Å². The van der Waals surface area contributed by atoms with E-state index >= 15 is 0 Å². The van der Waals surface area contributed by atoms with E-state index in [1.54, 1.807) is 0 Å². The number of amides is 2. The van der Waals surface area contributed by atoms with Gasteiger partial charge in [-0.25, -0.2) is 0 Å². The predicted octanol–water partition coefficient (Wildman–Crippen LogP) is 2.76. The van der Waals surface area contributed by atoms with Gasteiger partial charge in [-0.2, -0.15) is 0 Å². The number of piperidine rings is 1. The van der Waals surface area contributed by atoms with Crippen molar-refractivity contribution in [1.29, 1.82) is 0 Å². The van der Waals surface area contributed by atoms with E-state index < -0.39 is 0 Å². The third-order valence-electron chi connectivity index (χ3n) is 5.03. The fourth-order valence-corrected chi connectivity index (χ4v) is 3.29. The first kappa shape index (κ1) is 22.5. The van der Waals surface area contributed by atoms with Crippen molar-refractivity contribution in [2.45, 2.75) is 39.7 Å². The molecule has 0 radical (unpaired) electrons. The number of halogens is 1. The van der Waals surface area contributed by atoms with Gasteiger partial charge in [0.1, 0.15) is 0 Å². The molecule has 1 aliphatic rings. The van der Waals surface area contributed by atoms with Crippen molar-refractivity contribution in [1.82, 2.24) is 10.2 Å². The van der Waals surface area contributed by atoms with Gasteiger partial charge in [0.25, 0.3) is 0 Å². The molecule has 1 aromatic rings. The number of carbonyl (C=O) groups is 2. The molecule has 3 atom stereocenters. The van der Waals surface area contributed by atoms with Crippen LogP contribution in [0.3, 0.4) is 0 Å². The molecule has 3 N–H and O–H groups in total. The lowest BCUT2D eigenvalue weighted by Gasteiger charge is -2.35. The van der Waals surface area contributed by atoms with Gasteiger partial charge in [-0.05, 0) is 24.3 Å². The van der Waals surface area contributed by atoms with Gasteiger partial charge < -0.3 is 16.0 Å². The van der Waals surface area contributed by atoms with Crippen molar-refractivity contribution in [2.75, 3.05) is 19.6 Å². The van der Waals surface area contributed by atoms with Crippen LogP contribution in [0.1, 0.15) is 45.2 Å². The van der Waals surface area contributed by atoms with E-state index in [1.807, 2.05) is 56.0 Å². The van der Waals surface area contributed by atoms with Crippen LogP contribution in [0.4, 0.5) is 0 Å². The summed E-state index contributed by atoms with van der Waals surface area (Å²) in [5.74, 6) is 0.233. The lowest BCUT2D eigenvalue weighted by molar-refractivity contribution is -0.137. The van der Waals surface area contributed by atoms with Crippen molar-refractivity contribution in [2.24, 2.45) is 23.5 Å². The Morgan fingerprint density at radius 1 is 1.23 bits per heavy atom. The smallest absolute Gasteiger partial charge is 0.227 e. The van der Waals surface area contributed by atoms with E-state index in [4.69, 9.17) is 5.73 Å². The molecule has 1 aromatic carbocycles. The van der Waals surface area contributed by atoms with Crippen LogP contribution in [-0.2, 0) is 9.59 Å². The highest BCUT2D eigenvalue weighted by molar-refractivity contribution is 5.85. The molecule has 1 saturated heterocycles. The summed E-state index contributed by atoms with van der Waals surface area (Å²) < 4.78 is 0. The highest BCUT2D eigenvalue weighted by Gasteiger charge is 2.30. The summed E-state index contributed by atoms with van der Waals surface area (Å²) in [5.41, 5.74) is 7.30. The fraction of sp³-hybridized carbons (Fsp3) is 0.600. The second kappa shape index (κ2) is 10.5. The first-order valence-corrected chi connectivity index (χ1v) is 9.27. The zero-order chi connectivity index (χ0) is 18.4. The van der Waals surface area contributed by atoms with Gasteiger partial charge in [0.05, 0.1) is 5.92 Å². The second-order valence-corrected chi connectivity index (χ2v) is 7.42. The quantitative estimate of drug-likeness (QED) is 0.795. The zero-order valence-corrected chi connectivity index (χ0v) is 16.8. The Bertz CT molecular complexity index is 580. The van der Waals surface area contributed by atoms with Crippen LogP contribution < -0.4 is 11.1 Å². The summed E-state index contributed by atoms with van der Waals surface area (Å²) in [6, 6.07) is 9.48. The zero-order valence-electron chi connectivity index (χ0n) is 16.0. The Morgan fingerprint density at radius 3 is 2.50 bits per heavy atom. The number of likely N-dealkylation sites (tertiary alicyclic amines) is 1. The predicted molar refractivity (Wildman–Crippen MR) is 107 cm³/mol. The van der Waals surface area contributed by atoms with Gasteiger partial charge in [-0.1, -0.05) is 51.1 Å². The van der Waals surface area contributed by atoms with Crippen LogP contribution in [0.25, 0.3) is 0 Å². The molecular weight excluding hydrogens is 350 g/mol. The number of nitrogens with zero attached hydrogens (tertiary/aromatic N) is 1.